The number of esters is 2. The molecule has 0 aliphatic carbocycles. The summed E-state index contributed by atoms with van der Waals surface area (Å²) >= 11 is 0. The van der Waals surface area contributed by atoms with Gasteiger partial charge in [0, 0.05) is 13.5 Å². The number of carbonyl (C=O) groups is 2. The fourth-order valence-electron chi connectivity index (χ4n) is 4.10. The molecule has 0 saturated heterocycles. The van der Waals surface area contributed by atoms with E-state index in [2.05, 4.69) is 6.92 Å². The van der Waals surface area contributed by atoms with E-state index in [1.54, 1.807) is 7.11 Å². The van der Waals surface area contributed by atoms with Crippen molar-refractivity contribution in [3.8, 4) is 0 Å². The second-order valence-corrected chi connectivity index (χ2v) is 10.2. The third kappa shape index (κ3) is 31.3. The molecule has 9 heteroatoms. The van der Waals surface area contributed by atoms with Crippen molar-refractivity contribution in [2.75, 3.05) is 66.6 Å². The summed E-state index contributed by atoms with van der Waals surface area (Å²) in [5.74, 6) is -0.919. The van der Waals surface area contributed by atoms with Crippen LogP contribution in [0.25, 0.3) is 0 Å². The number of ether oxygens (including phenoxy) is 6. The van der Waals surface area contributed by atoms with Gasteiger partial charge in [-0.3, -0.25) is 9.59 Å². The molecule has 0 saturated carbocycles. The van der Waals surface area contributed by atoms with Crippen molar-refractivity contribution >= 4 is 11.9 Å². The van der Waals surface area contributed by atoms with Gasteiger partial charge in [-0.05, 0) is 6.42 Å². The lowest BCUT2D eigenvalue weighted by atomic mass is 10.0. The lowest BCUT2D eigenvalue weighted by molar-refractivity contribution is -0.151. The van der Waals surface area contributed by atoms with Crippen LogP contribution in [-0.4, -0.2) is 89.7 Å². The lowest BCUT2D eigenvalue weighted by Crippen LogP contribution is -2.16. The Morgan fingerprint density at radius 3 is 1.40 bits per heavy atom. The molecule has 0 aromatic heterocycles. The molecule has 0 bridgehead atoms. The second kappa shape index (κ2) is 32.3. The van der Waals surface area contributed by atoms with Crippen molar-refractivity contribution in [3.63, 3.8) is 0 Å². The Hall–Kier alpha value is -1.26. The molecule has 0 fully saturated rings. The van der Waals surface area contributed by atoms with Gasteiger partial charge in [0.1, 0.15) is 6.61 Å². The van der Waals surface area contributed by atoms with Gasteiger partial charge in [-0.25, -0.2) is 0 Å². The summed E-state index contributed by atoms with van der Waals surface area (Å²) in [7, 11) is 1.62. The molecule has 0 amide bonds. The van der Waals surface area contributed by atoms with Crippen LogP contribution in [0, 0.1) is 0 Å². The Morgan fingerprint density at radius 2 is 0.925 bits per heavy atom. The van der Waals surface area contributed by atoms with Gasteiger partial charge < -0.3 is 33.5 Å². The zero-order chi connectivity index (χ0) is 29.4. The molecule has 40 heavy (non-hydrogen) atoms. The van der Waals surface area contributed by atoms with E-state index in [-0.39, 0.29) is 32.7 Å². The van der Waals surface area contributed by atoms with Gasteiger partial charge in [0.15, 0.2) is 0 Å². The first-order chi connectivity index (χ1) is 19.6. The van der Waals surface area contributed by atoms with Crippen LogP contribution in [-0.2, 0) is 38.0 Å². The molecule has 0 unspecified atom stereocenters. The molecule has 238 valence electrons. The molecule has 0 aromatic carbocycles. The highest BCUT2D eigenvalue weighted by atomic mass is 16.6. The quantitative estimate of drug-likeness (QED) is 0.0787. The maximum Gasteiger partial charge on any atom is 0.306 e. The number of carbonyl (C=O) groups excluding carboxylic acids is 2. The maximum atomic E-state index is 11.8. The summed E-state index contributed by atoms with van der Waals surface area (Å²) in [6.45, 7) is 5.74. The molecule has 0 aliphatic heterocycles. The van der Waals surface area contributed by atoms with E-state index in [1.807, 2.05) is 0 Å². The molecule has 0 rings (SSSR count). The van der Waals surface area contributed by atoms with E-state index in [1.165, 1.54) is 70.6 Å². The number of methoxy groups -OCH3 is 1. The first-order valence-electron chi connectivity index (χ1n) is 15.8. The Bertz CT molecular complexity index is 545. The van der Waals surface area contributed by atoms with Crippen LogP contribution in [0.4, 0.5) is 0 Å². The van der Waals surface area contributed by atoms with Crippen molar-refractivity contribution in [1.29, 1.82) is 0 Å². The van der Waals surface area contributed by atoms with Gasteiger partial charge in [0.25, 0.3) is 0 Å². The first-order valence-corrected chi connectivity index (χ1v) is 15.8. The van der Waals surface area contributed by atoms with Gasteiger partial charge in [0.05, 0.1) is 71.8 Å². The fourth-order valence-corrected chi connectivity index (χ4v) is 4.10. The zero-order valence-corrected chi connectivity index (χ0v) is 25.7. The zero-order valence-electron chi connectivity index (χ0n) is 25.7. The predicted molar refractivity (Wildman–Crippen MR) is 156 cm³/mol. The highest BCUT2D eigenvalue weighted by molar-refractivity contribution is 5.77. The maximum absolute atomic E-state index is 11.8. The molecule has 1 atom stereocenters. The number of aliphatic hydroxyl groups is 1. The van der Waals surface area contributed by atoms with Crippen molar-refractivity contribution in [2.24, 2.45) is 0 Å². The smallest absolute Gasteiger partial charge is 0.306 e. The Balaban J connectivity index is 3.39. The summed E-state index contributed by atoms with van der Waals surface area (Å²) in [5, 5.41) is 10.1. The monoisotopic (exact) mass is 576 g/mol. The minimum atomic E-state index is -0.465. The summed E-state index contributed by atoms with van der Waals surface area (Å²) in [6.07, 6.45) is 17.6. The lowest BCUT2D eigenvalue weighted by Gasteiger charge is -2.11. The van der Waals surface area contributed by atoms with Crippen LogP contribution in [0.3, 0.4) is 0 Å². The molecule has 0 spiro atoms. The molecule has 0 aromatic rings. The van der Waals surface area contributed by atoms with Gasteiger partial charge in [0.2, 0.25) is 0 Å². The standard InChI is InChI=1S/C31H60O9/c1-3-4-5-6-7-8-9-10-11-12-13-14-15-16-29(32)19-20-39-30(33)17-18-31(34)40-28-27-38-26-25-37-24-23-36-22-21-35-2/h29,32H,3-28H2,1-2H3/t29-/m1/s1. The topological polar surface area (TPSA) is 110 Å². The van der Waals surface area contributed by atoms with Crippen LogP contribution in [0.5, 0.6) is 0 Å². The van der Waals surface area contributed by atoms with E-state index < -0.39 is 18.0 Å². The van der Waals surface area contributed by atoms with Crippen molar-refractivity contribution in [3.05, 3.63) is 0 Å². The highest BCUT2D eigenvalue weighted by Gasteiger charge is 2.11. The van der Waals surface area contributed by atoms with Gasteiger partial charge in [-0.2, -0.15) is 0 Å². The van der Waals surface area contributed by atoms with Crippen LogP contribution >= 0.6 is 0 Å². The van der Waals surface area contributed by atoms with Crippen LogP contribution in [0.1, 0.15) is 116 Å². The number of hydrogen-bond donors (Lipinski definition) is 1. The summed E-state index contributed by atoms with van der Waals surface area (Å²) in [6, 6.07) is 0. The average molecular weight is 577 g/mol. The molecule has 0 aliphatic rings. The number of rotatable bonds is 32. The average Bonchev–Trinajstić information content (AvgIpc) is 2.95. The molecule has 0 radical (unpaired) electrons. The fraction of sp³-hybridized carbons (Fsp3) is 0.935. The third-order valence-electron chi connectivity index (χ3n) is 6.55. The third-order valence-corrected chi connectivity index (χ3v) is 6.55. The van der Waals surface area contributed by atoms with Crippen molar-refractivity contribution in [1.82, 2.24) is 0 Å². The Morgan fingerprint density at radius 1 is 0.525 bits per heavy atom. The first kappa shape index (κ1) is 38.7. The van der Waals surface area contributed by atoms with Gasteiger partial charge in [-0.1, -0.05) is 90.4 Å². The van der Waals surface area contributed by atoms with Gasteiger partial charge in [-0.15, -0.1) is 0 Å². The van der Waals surface area contributed by atoms with E-state index in [0.29, 0.717) is 46.1 Å². The normalized spacial score (nSPS) is 12.0. The highest BCUT2D eigenvalue weighted by Crippen LogP contribution is 2.14. The summed E-state index contributed by atoms with van der Waals surface area (Å²) in [4.78, 5) is 23.6. The van der Waals surface area contributed by atoms with E-state index in [0.717, 1.165) is 19.3 Å². The minimum absolute atomic E-state index is 0.0328. The van der Waals surface area contributed by atoms with Gasteiger partial charge >= 0.3 is 11.9 Å². The Labute approximate surface area is 243 Å². The van der Waals surface area contributed by atoms with Crippen LogP contribution < -0.4 is 0 Å². The van der Waals surface area contributed by atoms with E-state index >= 15 is 0 Å². The van der Waals surface area contributed by atoms with Crippen LogP contribution in [0.2, 0.25) is 0 Å². The summed E-state index contributed by atoms with van der Waals surface area (Å²) in [5.41, 5.74) is 0. The van der Waals surface area contributed by atoms with E-state index in [9.17, 15) is 14.7 Å². The second-order valence-electron chi connectivity index (χ2n) is 10.2. The minimum Gasteiger partial charge on any atom is -0.466 e. The van der Waals surface area contributed by atoms with Crippen molar-refractivity contribution in [2.45, 2.75) is 122 Å². The van der Waals surface area contributed by atoms with Crippen molar-refractivity contribution < 1.29 is 43.1 Å². The summed E-state index contributed by atoms with van der Waals surface area (Å²) < 4.78 is 31.0. The largest absolute Gasteiger partial charge is 0.466 e. The van der Waals surface area contributed by atoms with E-state index in [4.69, 9.17) is 28.4 Å². The molecule has 0 heterocycles. The number of unbranched alkanes of at least 4 members (excludes halogenated alkanes) is 12. The number of hydrogen-bond acceptors (Lipinski definition) is 9. The van der Waals surface area contributed by atoms with Crippen LogP contribution in [0.15, 0.2) is 0 Å². The predicted octanol–water partition coefficient (Wildman–Crippen LogP) is 5.78. The SMILES string of the molecule is CCCCCCCCCCCCCCC[C@@H](O)CCOC(=O)CCC(=O)OCCOCCOCCOCCOC. The Kier molecular flexibility index (Phi) is 31.2. The molecule has 9 nitrogen and oxygen atoms in total. The molecular weight excluding hydrogens is 516 g/mol. The number of aliphatic hydroxyl groups excluding tert-OH is 1. The molecule has 1 N–H and O–H groups in total. The molecular formula is C31H60O9.